The largest absolute Gasteiger partial charge is 0.312 e. The molecule has 0 rings (SSSR count). The van der Waals surface area contributed by atoms with Crippen LogP contribution in [0, 0.1) is 0 Å². The molecular formula is C30H64ClN. The Hall–Kier alpha value is 0.250. The molecule has 2 atom stereocenters. The Labute approximate surface area is 211 Å². The minimum atomic E-state index is 0. The van der Waals surface area contributed by atoms with Crippen molar-refractivity contribution in [3.63, 3.8) is 0 Å². The normalized spacial score (nSPS) is 13.1. The van der Waals surface area contributed by atoms with Gasteiger partial charge in [-0.3, -0.25) is 0 Å². The summed E-state index contributed by atoms with van der Waals surface area (Å²) in [5.41, 5.74) is 0. The van der Waals surface area contributed by atoms with Gasteiger partial charge in [0.15, 0.2) is 0 Å². The van der Waals surface area contributed by atoms with Crippen LogP contribution in [0.3, 0.4) is 0 Å². The predicted molar refractivity (Wildman–Crippen MR) is 151 cm³/mol. The number of nitrogens with one attached hydrogen (secondary N) is 1. The van der Waals surface area contributed by atoms with Gasteiger partial charge >= 0.3 is 0 Å². The summed E-state index contributed by atoms with van der Waals surface area (Å²) in [6.07, 6.45) is 34.5. The topological polar surface area (TPSA) is 12.0 Å². The van der Waals surface area contributed by atoms with Crippen molar-refractivity contribution in [3.8, 4) is 0 Å². The maximum absolute atomic E-state index is 3.85. The van der Waals surface area contributed by atoms with E-state index in [0.29, 0.717) is 12.1 Å². The first kappa shape index (κ1) is 34.4. The van der Waals surface area contributed by atoms with E-state index in [1.165, 1.54) is 154 Å². The van der Waals surface area contributed by atoms with Gasteiger partial charge in [0.2, 0.25) is 0 Å². The molecule has 0 radical (unpaired) electrons. The molecule has 196 valence electrons. The Morgan fingerprint density at radius 3 is 0.844 bits per heavy atom. The van der Waals surface area contributed by atoms with Crippen molar-refractivity contribution in [2.24, 2.45) is 0 Å². The fourth-order valence-corrected chi connectivity index (χ4v) is 4.88. The monoisotopic (exact) mass is 473 g/mol. The molecule has 2 unspecified atom stereocenters. The molecule has 0 amide bonds. The summed E-state index contributed by atoms with van der Waals surface area (Å²) in [6, 6.07) is 1.39. The van der Waals surface area contributed by atoms with Gasteiger partial charge in [-0.05, 0) is 26.7 Å². The highest BCUT2D eigenvalue weighted by atomic mass is 35.5. The quantitative estimate of drug-likeness (QED) is 0.123. The molecule has 0 saturated heterocycles. The summed E-state index contributed by atoms with van der Waals surface area (Å²) in [5, 5.41) is 3.85. The Bertz CT molecular complexity index is 290. The minimum Gasteiger partial charge on any atom is -0.312 e. The first-order valence-electron chi connectivity index (χ1n) is 15.0. The average molecular weight is 474 g/mol. The molecule has 0 fully saturated rings. The van der Waals surface area contributed by atoms with Gasteiger partial charge in [-0.1, -0.05) is 155 Å². The highest BCUT2D eigenvalue weighted by Crippen LogP contribution is 2.14. The van der Waals surface area contributed by atoms with E-state index in [-0.39, 0.29) is 12.4 Å². The summed E-state index contributed by atoms with van der Waals surface area (Å²) in [6.45, 7) is 9.40. The van der Waals surface area contributed by atoms with Crippen LogP contribution in [0.15, 0.2) is 0 Å². The Morgan fingerprint density at radius 2 is 0.594 bits per heavy atom. The van der Waals surface area contributed by atoms with Crippen molar-refractivity contribution in [1.29, 1.82) is 0 Å². The summed E-state index contributed by atoms with van der Waals surface area (Å²) in [7, 11) is 0. The number of rotatable bonds is 26. The van der Waals surface area contributed by atoms with Gasteiger partial charge in [-0.25, -0.2) is 0 Å². The van der Waals surface area contributed by atoms with E-state index in [2.05, 4.69) is 33.0 Å². The van der Waals surface area contributed by atoms with Gasteiger partial charge < -0.3 is 5.32 Å². The maximum Gasteiger partial charge on any atom is 0.00412 e. The van der Waals surface area contributed by atoms with Crippen LogP contribution in [-0.2, 0) is 0 Å². The molecule has 0 aromatic heterocycles. The lowest BCUT2D eigenvalue weighted by molar-refractivity contribution is 0.402. The Morgan fingerprint density at radius 1 is 0.375 bits per heavy atom. The van der Waals surface area contributed by atoms with Crippen LogP contribution in [0.2, 0.25) is 0 Å². The van der Waals surface area contributed by atoms with Crippen LogP contribution < -0.4 is 5.32 Å². The third-order valence-electron chi connectivity index (χ3n) is 7.05. The fourth-order valence-electron chi connectivity index (χ4n) is 4.88. The van der Waals surface area contributed by atoms with E-state index >= 15 is 0 Å². The first-order valence-corrected chi connectivity index (χ1v) is 15.0. The number of unbranched alkanes of at least 4 members (excludes halogenated alkanes) is 20. The van der Waals surface area contributed by atoms with Crippen LogP contribution in [0.1, 0.15) is 182 Å². The molecule has 0 aliphatic rings. The van der Waals surface area contributed by atoms with E-state index in [0.717, 1.165) is 0 Å². The van der Waals surface area contributed by atoms with Crippen molar-refractivity contribution < 1.29 is 0 Å². The second kappa shape index (κ2) is 29.3. The van der Waals surface area contributed by atoms with Gasteiger partial charge in [0.1, 0.15) is 0 Å². The molecule has 0 aliphatic heterocycles. The number of halogens is 1. The summed E-state index contributed by atoms with van der Waals surface area (Å²) >= 11 is 0. The van der Waals surface area contributed by atoms with Crippen molar-refractivity contribution >= 4 is 12.4 Å². The minimum absolute atomic E-state index is 0. The molecule has 0 aromatic carbocycles. The van der Waals surface area contributed by atoms with Crippen LogP contribution >= 0.6 is 12.4 Å². The third kappa shape index (κ3) is 28.3. The average Bonchev–Trinajstić information content (AvgIpc) is 2.75. The van der Waals surface area contributed by atoms with Gasteiger partial charge in [0.25, 0.3) is 0 Å². The van der Waals surface area contributed by atoms with Crippen LogP contribution in [0.4, 0.5) is 0 Å². The molecular weight excluding hydrogens is 410 g/mol. The van der Waals surface area contributed by atoms with Crippen LogP contribution in [-0.4, -0.2) is 12.1 Å². The van der Waals surface area contributed by atoms with Crippen molar-refractivity contribution in [3.05, 3.63) is 0 Å². The van der Waals surface area contributed by atoms with Crippen molar-refractivity contribution in [1.82, 2.24) is 5.32 Å². The molecule has 2 heteroatoms. The zero-order chi connectivity index (χ0) is 22.8. The Kier molecular flexibility index (Phi) is 31.5. The molecule has 0 bridgehead atoms. The molecule has 32 heavy (non-hydrogen) atoms. The second-order valence-electron chi connectivity index (χ2n) is 10.6. The smallest absolute Gasteiger partial charge is 0.00412 e. The number of hydrogen-bond acceptors (Lipinski definition) is 1. The zero-order valence-corrected chi connectivity index (χ0v) is 23.9. The van der Waals surface area contributed by atoms with Crippen LogP contribution in [0.5, 0.6) is 0 Å². The molecule has 0 spiro atoms. The van der Waals surface area contributed by atoms with E-state index < -0.39 is 0 Å². The molecule has 1 N–H and O–H groups in total. The van der Waals surface area contributed by atoms with Crippen molar-refractivity contribution in [2.45, 2.75) is 194 Å². The van der Waals surface area contributed by atoms with Crippen LogP contribution in [0.25, 0.3) is 0 Å². The summed E-state index contributed by atoms with van der Waals surface area (Å²) in [5.74, 6) is 0. The second-order valence-corrected chi connectivity index (χ2v) is 10.6. The summed E-state index contributed by atoms with van der Waals surface area (Å²) in [4.78, 5) is 0. The number of hydrogen-bond donors (Lipinski definition) is 1. The lowest BCUT2D eigenvalue weighted by atomic mass is 10.0. The lowest BCUT2D eigenvalue weighted by Gasteiger charge is -2.20. The molecule has 0 aromatic rings. The molecule has 0 saturated carbocycles. The van der Waals surface area contributed by atoms with Gasteiger partial charge in [0.05, 0.1) is 0 Å². The first-order chi connectivity index (χ1) is 15.2. The predicted octanol–water partition coefficient (Wildman–Crippen LogP) is 11.2. The van der Waals surface area contributed by atoms with E-state index in [9.17, 15) is 0 Å². The summed E-state index contributed by atoms with van der Waals surface area (Å²) < 4.78 is 0. The zero-order valence-electron chi connectivity index (χ0n) is 23.0. The molecule has 1 nitrogen and oxygen atoms in total. The van der Waals surface area contributed by atoms with Gasteiger partial charge in [0, 0.05) is 12.1 Å². The third-order valence-corrected chi connectivity index (χ3v) is 7.05. The highest BCUT2D eigenvalue weighted by Gasteiger charge is 2.07. The SMILES string of the molecule is CCCCCCCCCCCCCC(C)NC(C)CCCCCCCCCCCCC.Cl. The highest BCUT2D eigenvalue weighted by molar-refractivity contribution is 5.85. The van der Waals surface area contributed by atoms with Gasteiger partial charge in [-0.2, -0.15) is 0 Å². The van der Waals surface area contributed by atoms with E-state index in [1.807, 2.05) is 0 Å². The molecule has 0 heterocycles. The standard InChI is InChI=1S/C30H63N.ClH/c1-5-7-9-11-13-15-17-19-21-23-25-27-29(3)31-30(4)28-26-24-22-20-18-16-14-12-10-8-6-2;/h29-31H,5-28H2,1-4H3;1H. The molecule has 0 aliphatic carbocycles. The van der Waals surface area contributed by atoms with Crippen molar-refractivity contribution in [2.75, 3.05) is 0 Å². The van der Waals surface area contributed by atoms with E-state index in [1.54, 1.807) is 0 Å². The van der Waals surface area contributed by atoms with Gasteiger partial charge in [-0.15, -0.1) is 12.4 Å². The Balaban J connectivity index is 0. The lowest BCUT2D eigenvalue weighted by Crippen LogP contribution is -2.34. The fraction of sp³-hybridized carbons (Fsp3) is 1.00. The van der Waals surface area contributed by atoms with E-state index in [4.69, 9.17) is 0 Å². The maximum atomic E-state index is 3.85.